The zero-order valence-corrected chi connectivity index (χ0v) is 47.2. The van der Waals surface area contributed by atoms with Crippen LogP contribution in [-0.2, 0) is 20.4 Å². The van der Waals surface area contributed by atoms with E-state index in [0.29, 0.717) is 0 Å². The minimum absolute atomic E-state index is 0. The number of rotatable bonds is 4. The van der Waals surface area contributed by atoms with Crippen LogP contribution in [0.15, 0.2) is 279 Å². The molecule has 4 nitrogen and oxygen atoms in total. The van der Waals surface area contributed by atoms with Crippen molar-refractivity contribution in [2.24, 2.45) is 0 Å². The van der Waals surface area contributed by atoms with Gasteiger partial charge in [-0.25, -0.2) is 9.97 Å². The van der Waals surface area contributed by atoms with E-state index in [-0.39, 0.29) is 20.4 Å². The maximum Gasteiger partial charge on any atom is 2.00 e. The summed E-state index contributed by atoms with van der Waals surface area (Å²) in [6, 6.07) is 102. The molecule has 0 radical (unpaired) electrons. The van der Waals surface area contributed by atoms with Gasteiger partial charge in [0.15, 0.2) is 0 Å². The normalized spacial score (nSPS) is 11.9. The summed E-state index contributed by atoms with van der Waals surface area (Å²) >= 11 is 0. The average Bonchev–Trinajstić information content (AvgIpc) is 1.77. The van der Waals surface area contributed by atoms with E-state index in [4.69, 9.17) is 19.9 Å². The van der Waals surface area contributed by atoms with Gasteiger partial charge in [-0.05, 0) is 181 Å². The molecule has 15 aromatic rings. The summed E-state index contributed by atoms with van der Waals surface area (Å²) in [6.07, 6.45) is 0. The van der Waals surface area contributed by atoms with Gasteiger partial charge in [0.25, 0.3) is 0 Å². The number of hydrogen-bond donors (Lipinski definition) is 0. The van der Waals surface area contributed by atoms with E-state index in [9.17, 15) is 0 Å². The van der Waals surface area contributed by atoms with Gasteiger partial charge >= 0.3 is 20.4 Å². The maximum atomic E-state index is 6.19. The van der Waals surface area contributed by atoms with E-state index in [0.717, 1.165) is 176 Å². The van der Waals surface area contributed by atoms with Gasteiger partial charge in [-0.1, -0.05) is 218 Å². The first kappa shape index (κ1) is 49.1. The van der Waals surface area contributed by atoms with E-state index in [1.54, 1.807) is 0 Å². The molecule has 0 spiro atoms. The molecule has 85 heavy (non-hydrogen) atoms. The van der Waals surface area contributed by atoms with Crippen LogP contribution in [0.4, 0.5) is 0 Å². The molecular weight excluding hydrogens is 1120 g/mol. The van der Waals surface area contributed by atoms with Crippen LogP contribution in [0.1, 0.15) is 0 Å². The Hall–Kier alpha value is -10.5. The van der Waals surface area contributed by atoms with E-state index in [1.165, 1.54) is 10.8 Å². The van der Waals surface area contributed by atoms with Crippen LogP contribution in [0.5, 0.6) is 0 Å². The van der Waals surface area contributed by atoms with Crippen molar-refractivity contribution in [3.63, 3.8) is 0 Å². The molecule has 0 saturated carbocycles. The molecule has 0 saturated heterocycles. The maximum absolute atomic E-state index is 6.19. The zero-order valence-electron chi connectivity index (χ0n) is 45.7. The Morgan fingerprint density at radius 3 is 0.647 bits per heavy atom. The Balaban J connectivity index is 0.00000567. The van der Waals surface area contributed by atoms with Crippen LogP contribution in [-0.4, -0.2) is 9.97 Å². The predicted molar refractivity (Wildman–Crippen MR) is 352 cm³/mol. The largest absolute Gasteiger partial charge is 2.00 e. The summed E-state index contributed by atoms with van der Waals surface area (Å²) in [4.78, 5) is 24.7. The fourth-order valence-corrected chi connectivity index (χ4v) is 13.7. The average molecular weight is 1170 g/mol. The molecule has 5 heteroatoms. The smallest absolute Gasteiger partial charge is 0.656 e. The standard InChI is InChI=1S/C80H46N4.Pd/c1-5-21-47(22-6-1)69-73-61-39-53-31-15-16-32-54(53)40-62(61)74(81-73)70(48-23-7-2-8-24-48)76-64-42-56-34-18-20-36-58(56)44-66(64)78(83-76)72(50-27-11-4-12-28-50)80-68-46-60-38-52-30-14-13-29-51(52)37-59(60)45-67(68)79(84-80)71(49-25-9-3-10-26-49)77-65-43-57-35-19-17-33-55(57)41-63(65)75(69)82-77;/h1-46H;/q-2;+2. The van der Waals surface area contributed by atoms with Gasteiger partial charge in [0.2, 0.25) is 0 Å². The first-order valence-corrected chi connectivity index (χ1v) is 28.8. The van der Waals surface area contributed by atoms with E-state index in [2.05, 4.69) is 279 Å². The molecule has 13 aromatic carbocycles. The van der Waals surface area contributed by atoms with Crippen molar-refractivity contribution in [1.82, 2.24) is 19.9 Å². The molecule has 8 bridgehead atoms. The molecule has 0 N–H and O–H groups in total. The van der Waals surface area contributed by atoms with Crippen LogP contribution in [0.3, 0.4) is 0 Å². The Morgan fingerprint density at radius 2 is 0.400 bits per heavy atom. The number of aromatic nitrogens is 4. The van der Waals surface area contributed by atoms with Crippen molar-refractivity contribution in [2.75, 3.05) is 0 Å². The number of fused-ring (bicyclic) bond motifs is 5. The van der Waals surface area contributed by atoms with E-state index in [1.807, 2.05) is 0 Å². The Morgan fingerprint density at radius 1 is 0.200 bits per heavy atom. The molecule has 396 valence electrons. The third-order valence-electron chi connectivity index (χ3n) is 17.6. The summed E-state index contributed by atoms with van der Waals surface area (Å²) in [5, 5.41) is 15.6. The van der Waals surface area contributed by atoms with Crippen LogP contribution in [0, 0.1) is 0 Å². The number of benzene rings is 13. The molecule has 0 fully saturated rings. The van der Waals surface area contributed by atoms with Crippen LogP contribution in [0.2, 0.25) is 0 Å². The SMILES string of the molecule is [Pd+2].c1ccc(-c2c3nc(c(-c4ccccc4)c4[n-]c(c(-c5ccccc5)c5nc(c(-c6ccccc6)c6[n-]c2c2cc7ccccc7cc62)-c2cc6cc7ccccc7cc6cc2-5)c2cc5ccccc5cc42)-c2cc4ccccc4cc2-3)cc1. The Bertz CT molecular complexity index is 5310. The van der Waals surface area contributed by atoms with Crippen LogP contribution >= 0.6 is 0 Å². The Labute approximate surface area is 503 Å². The van der Waals surface area contributed by atoms with Gasteiger partial charge in [0.05, 0.1) is 22.8 Å². The van der Waals surface area contributed by atoms with E-state index >= 15 is 0 Å². The summed E-state index contributed by atoms with van der Waals surface area (Å²) < 4.78 is 0. The number of hydrogen-bond acceptors (Lipinski definition) is 2. The van der Waals surface area contributed by atoms with Crippen LogP contribution < -0.4 is 9.97 Å². The quantitative estimate of drug-likeness (QED) is 0.130. The topological polar surface area (TPSA) is 54.0 Å². The fourth-order valence-electron chi connectivity index (χ4n) is 13.7. The predicted octanol–water partition coefficient (Wildman–Crippen LogP) is 21.0. The third kappa shape index (κ3) is 7.65. The van der Waals surface area contributed by atoms with Crippen LogP contribution in [0.25, 0.3) is 187 Å². The second-order valence-corrected chi connectivity index (χ2v) is 22.4. The second-order valence-electron chi connectivity index (χ2n) is 22.4. The summed E-state index contributed by atoms with van der Waals surface area (Å²) in [5.41, 5.74) is 18.8. The van der Waals surface area contributed by atoms with Crippen molar-refractivity contribution >= 4 is 97.5 Å². The van der Waals surface area contributed by atoms with Gasteiger partial charge in [-0.3, -0.25) is 0 Å². The van der Waals surface area contributed by atoms with Gasteiger partial charge in [0.1, 0.15) is 0 Å². The summed E-state index contributed by atoms with van der Waals surface area (Å²) in [7, 11) is 0. The number of nitrogens with zero attached hydrogens (tertiary/aromatic N) is 4. The van der Waals surface area contributed by atoms with E-state index < -0.39 is 0 Å². The zero-order chi connectivity index (χ0) is 55.0. The molecule has 3 aliphatic rings. The molecule has 18 rings (SSSR count). The van der Waals surface area contributed by atoms with Crippen molar-refractivity contribution in [3.8, 4) is 89.5 Å². The second kappa shape index (κ2) is 19.3. The summed E-state index contributed by atoms with van der Waals surface area (Å²) in [6.45, 7) is 0. The monoisotopic (exact) mass is 1170 g/mol. The summed E-state index contributed by atoms with van der Waals surface area (Å²) in [5.74, 6) is 0. The molecule has 4 heterocycles. The molecule has 0 unspecified atom stereocenters. The van der Waals surface area contributed by atoms with Gasteiger partial charge in [-0.15, -0.1) is 22.1 Å². The minimum atomic E-state index is 0. The van der Waals surface area contributed by atoms with Gasteiger partial charge < -0.3 is 9.97 Å². The molecule has 0 atom stereocenters. The van der Waals surface area contributed by atoms with Gasteiger partial charge in [-0.2, -0.15) is 0 Å². The van der Waals surface area contributed by atoms with Crippen molar-refractivity contribution in [3.05, 3.63) is 279 Å². The van der Waals surface area contributed by atoms with Crippen molar-refractivity contribution in [1.29, 1.82) is 0 Å². The van der Waals surface area contributed by atoms with Crippen molar-refractivity contribution < 1.29 is 20.4 Å². The van der Waals surface area contributed by atoms with Crippen molar-refractivity contribution in [2.45, 2.75) is 0 Å². The molecule has 0 amide bonds. The third-order valence-corrected chi connectivity index (χ3v) is 17.6. The van der Waals surface area contributed by atoms with Gasteiger partial charge in [0, 0.05) is 22.3 Å². The first-order valence-electron chi connectivity index (χ1n) is 28.8. The minimum Gasteiger partial charge on any atom is -0.656 e. The first-order chi connectivity index (χ1) is 41.6. The molecule has 2 aromatic heterocycles. The molecular formula is C80H46N4Pd. The Kier molecular flexibility index (Phi) is 11.1. The molecule has 1 aliphatic carbocycles. The molecule has 2 aliphatic heterocycles. The fraction of sp³-hybridized carbons (Fsp3) is 0.